The zero-order valence-corrected chi connectivity index (χ0v) is 12.7. The lowest BCUT2D eigenvalue weighted by Gasteiger charge is -2.38. The monoisotopic (exact) mass is 305 g/mol. The van der Waals surface area contributed by atoms with E-state index >= 15 is 4.39 Å². The van der Waals surface area contributed by atoms with Crippen molar-refractivity contribution in [1.82, 2.24) is 9.78 Å². The number of alkyl halides is 1. The molecule has 17 heavy (non-hydrogen) atoms. The lowest BCUT2D eigenvalue weighted by molar-refractivity contribution is 0.0234. The van der Waals surface area contributed by atoms with Gasteiger partial charge in [-0.15, -0.1) is 0 Å². The molecule has 0 radical (unpaired) electrons. The van der Waals surface area contributed by atoms with Gasteiger partial charge in [0.25, 0.3) is 0 Å². The van der Waals surface area contributed by atoms with Crippen LogP contribution in [0.3, 0.4) is 0 Å². The number of nitrogens with zero attached hydrogens (tertiary/aromatic N) is 2. The molecule has 1 aromatic heterocycles. The molecule has 0 aromatic carbocycles. The number of hydrogen-bond acceptors (Lipinski definition) is 2. The van der Waals surface area contributed by atoms with E-state index in [1.54, 1.807) is 10.9 Å². The predicted octanol–water partition coefficient (Wildman–Crippen LogP) is 3.40. The number of nitrogens with two attached hydrogens (primary N) is 1. The molecule has 1 unspecified atom stereocenters. The minimum absolute atomic E-state index is 0.0620. The van der Waals surface area contributed by atoms with Gasteiger partial charge in [0, 0.05) is 18.0 Å². The zero-order chi connectivity index (χ0) is 13.4. The van der Waals surface area contributed by atoms with Crippen LogP contribution < -0.4 is 5.73 Å². The van der Waals surface area contributed by atoms with Crippen molar-refractivity contribution in [2.24, 2.45) is 11.1 Å². The second-order valence-corrected chi connectivity index (χ2v) is 6.49. The molecule has 5 heteroatoms. The van der Waals surface area contributed by atoms with Gasteiger partial charge in [0.05, 0.1) is 16.4 Å². The van der Waals surface area contributed by atoms with E-state index in [1.807, 2.05) is 34.6 Å². The lowest BCUT2D eigenvalue weighted by Crippen LogP contribution is -2.44. The van der Waals surface area contributed by atoms with Crippen LogP contribution in [-0.4, -0.2) is 16.3 Å². The summed E-state index contributed by atoms with van der Waals surface area (Å²) in [5.41, 5.74) is 4.02. The van der Waals surface area contributed by atoms with E-state index in [2.05, 4.69) is 21.0 Å². The summed E-state index contributed by atoms with van der Waals surface area (Å²) in [6.45, 7) is 9.44. The Morgan fingerprint density at radius 3 is 2.35 bits per heavy atom. The van der Waals surface area contributed by atoms with Crippen molar-refractivity contribution < 1.29 is 4.39 Å². The molecule has 0 spiro atoms. The van der Waals surface area contributed by atoms with Crippen molar-refractivity contribution in [2.45, 2.75) is 46.3 Å². The lowest BCUT2D eigenvalue weighted by atomic mass is 9.75. The Labute approximate surface area is 111 Å². The number of hydrogen-bond donors (Lipinski definition) is 1. The average molecular weight is 306 g/mol. The minimum atomic E-state index is -1.60. The largest absolute Gasteiger partial charge is 0.327 e. The van der Waals surface area contributed by atoms with Crippen LogP contribution in [0.1, 0.15) is 46.4 Å². The molecule has 0 bridgehead atoms. The normalized spacial score (nSPS) is 16.3. The first kappa shape index (κ1) is 14.6. The van der Waals surface area contributed by atoms with Crippen LogP contribution in [0.2, 0.25) is 0 Å². The molecule has 98 valence electrons. The first-order valence-corrected chi connectivity index (χ1v) is 6.57. The van der Waals surface area contributed by atoms with E-state index in [0.717, 1.165) is 0 Å². The van der Waals surface area contributed by atoms with Gasteiger partial charge in [-0.2, -0.15) is 5.10 Å². The van der Waals surface area contributed by atoms with Crippen LogP contribution in [0.5, 0.6) is 0 Å². The van der Waals surface area contributed by atoms with E-state index in [0.29, 0.717) is 10.2 Å². The molecule has 2 N–H and O–H groups in total. The van der Waals surface area contributed by atoms with Crippen LogP contribution in [0.4, 0.5) is 4.39 Å². The Morgan fingerprint density at radius 2 is 2.00 bits per heavy atom. The van der Waals surface area contributed by atoms with Gasteiger partial charge >= 0.3 is 0 Å². The van der Waals surface area contributed by atoms with E-state index < -0.39 is 11.1 Å². The molecule has 0 fully saturated rings. The topological polar surface area (TPSA) is 43.8 Å². The van der Waals surface area contributed by atoms with Crippen LogP contribution in [0.25, 0.3) is 0 Å². The highest BCUT2D eigenvalue weighted by Gasteiger charge is 2.47. The highest BCUT2D eigenvalue weighted by Crippen LogP contribution is 2.45. The Kier molecular flexibility index (Phi) is 4.04. The van der Waals surface area contributed by atoms with Gasteiger partial charge < -0.3 is 5.73 Å². The van der Waals surface area contributed by atoms with Crippen molar-refractivity contribution in [1.29, 1.82) is 0 Å². The molecule has 1 rings (SSSR count). The summed E-state index contributed by atoms with van der Waals surface area (Å²) in [7, 11) is 0. The van der Waals surface area contributed by atoms with Gasteiger partial charge in [-0.25, -0.2) is 4.39 Å². The third-order valence-corrected chi connectivity index (χ3v) is 3.67. The van der Waals surface area contributed by atoms with Gasteiger partial charge in [-0.1, -0.05) is 20.8 Å². The second-order valence-electron chi connectivity index (χ2n) is 5.63. The molecular formula is C12H21BrFN3. The molecule has 0 aliphatic rings. The maximum atomic E-state index is 15.3. The summed E-state index contributed by atoms with van der Waals surface area (Å²) < 4.78 is 17.6. The van der Waals surface area contributed by atoms with Crippen LogP contribution in [-0.2, 0) is 5.67 Å². The predicted molar refractivity (Wildman–Crippen MR) is 71.6 cm³/mol. The number of halogens is 2. The van der Waals surface area contributed by atoms with Gasteiger partial charge in [-0.05, 0) is 29.8 Å². The summed E-state index contributed by atoms with van der Waals surface area (Å²) in [5, 5.41) is 4.22. The highest BCUT2D eigenvalue weighted by atomic mass is 79.9. The minimum Gasteiger partial charge on any atom is -0.327 e. The number of rotatable bonds is 3. The average Bonchev–Trinajstić information content (AvgIpc) is 2.57. The van der Waals surface area contributed by atoms with Gasteiger partial charge in [-0.3, -0.25) is 4.68 Å². The molecule has 0 amide bonds. The van der Waals surface area contributed by atoms with Gasteiger partial charge in [0.2, 0.25) is 0 Å². The maximum absolute atomic E-state index is 15.3. The summed E-state index contributed by atoms with van der Waals surface area (Å²) in [6, 6.07) is 0.0975. The highest BCUT2D eigenvalue weighted by molar-refractivity contribution is 9.10. The fourth-order valence-electron chi connectivity index (χ4n) is 1.86. The smallest absolute Gasteiger partial charge is 0.170 e. The fraction of sp³-hybridized carbons (Fsp3) is 0.750. The van der Waals surface area contributed by atoms with E-state index in [-0.39, 0.29) is 12.6 Å². The van der Waals surface area contributed by atoms with E-state index in [9.17, 15) is 0 Å². The Morgan fingerprint density at radius 1 is 1.47 bits per heavy atom. The van der Waals surface area contributed by atoms with E-state index in [4.69, 9.17) is 5.73 Å². The first-order valence-electron chi connectivity index (χ1n) is 5.77. The molecule has 3 nitrogen and oxygen atoms in total. The molecule has 0 aliphatic carbocycles. The summed E-state index contributed by atoms with van der Waals surface area (Å²) in [5.74, 6) is 0. The second kappa shape index (κ2) is 4.69. The van der Waals surface area contributed by atoms with Gasteiger partial charge in [0.1, 0.15) is 0 Å². The first-order chi connectivity index (χ1) is 7.65. The molecule has 0 saturated heterocycles. The molecular weight excluding hydrogens is 285 g/mol. The summed E-state index contributed by atoms with van der Waals surface area (Å²) in [6.07, 6.45) is 1.63. The molecule has 0 aliphatic heterocycles. The standard InChI is InChI=1S/C12H21BrFN3/c1-8(2)17-10(9(13)6-16-17)12(14,7-15)11(3,4)5/h6,8H,7,15H2,1-5H3. The molecule has 1 atom stereocenters. The van der Waals surface area contributed by atoms with Crippen molar-refractivity contribution in [3.05, 3.63) is 16.4 Å². The van der Waals surface area contributed by atoms with Crippen LogP contribution >= 0.6 is 15.9 Å². The number of aromatic nitrogens is 2. The van der Waals surface area contributed by atoms with Crippen LogP contribution in [0.15, 0.2) is 10.7 Å². The maximum Gasteiger partial charge on any atom is 0.170 e. The molecule has 1 heterocycles. The van der Waals surface area contributed by atoms with Crippen molar-refractivity contribution in [3.8, 4) is 0 Å². The summed E-state index contributed by atoms with van der Waals surface area (Å²) in [4.78, 5) is 0. The molecule has 1 aromatic rings. The fourth-order valence-corrected chi connectivity index (χ4v) is 2.45. The van der Waals surface area contributed by atoms with Crippen molar-refractivity contribution >= 4 is 15.9 Å². The Hall–Kier alpha value is -0.420. The van der Waals surface area contributed by atoms with Gasteiger partial charge in [0.15, 0.2) is 5.67 Å². The third-order valence-electron chi connectivity index (χ3n) is 3.09. The van der Waals surface area contributed by atoms with E-state index in [1.165, 1.54) is 0 Å². The molecule has 0 saturated carbocycles. The quantitative estimate of drug-likeness (QED) is 0.930. The SMILES string of the molecule is CC(C)n1ncc(Br)c1C(F)(CN)C(C)(C)C. The van der Waals surface area contributed by atoms with Crippen molar-refractivity contribution in [3.63, 3.8) is 0 Å². The summed E-state index contributed by atoms with van der Waals surface area (Å²) >= 11 is 3.38. The van der Waals surface area contributed by atoms with Crippen molar-refractivity contribution in [2.75, 3.05) is 6.54 Å². The van der Waals surface area contributed by atoms with Crippen LogP contribution in [0, 0.1) is 5.41 Å². The zero-order valence-electron chi connectivity index (χ0n) is 11.1. The Balaban J connectivity index is 3.44. The Bertz CT molecular complexity index is 395. The third kappa shape index (κ3) is 2.40.